The smallest absolute Gasteiger partial charge is 0.233 e. The molecule has 0 aliphatic heterocycles. The topological polar surface area (TPSA) is 43.4 Å². The number of ether oxygens (including phenoxy) is 1. The third-order valence-electron chi connectivity index (χ3n) is 4.09. The molecule has 0 spiro atoms. The molecule has 1 aromatic carbocycles. The molecule has 0 radical (unpaired) electrons. The summed E-state index contributed by atoms with van der Waals surface area (Å²) in [6, 6.07) is 9.59. The Morgan fingerprint density at radius 2 is 2.00 bits per heavy atom. The molecule has 1 aromatic rings. The van der Waals surface area contributed by atoms with Crippen LogP contribution in [0.3, 0.4) is 0 Å². The van der Waals surface area contributed by atoms with Crippen LogP contribution in [0.4, 0.5) is 0 Å². The van der Waals surface area contributed by atoms with Gasteiger partial charge >= 0.3 is 0 Å². The molecular formula is C16H23ClO3S. The van der Waals surface area contributed by atoms with Gasteiger partial charge in [0.15, 0.2) is 0 Å². The Kier molecular flexibility index (Phi) is 6.08. The van der Waals surface area contributed by atoms with Gasteiger partial charge in [-0.3, -0.25) is 0 Å². The van der Waals surface area contributed by atoms with E-state index in [4.69, 9.17) is 15.4 Å². The molecule has 1 aliphatic carbocycles. The summed E-state index contributed by atoms with van der Waals surface area (Å²) >= 11 is 0. The van der Waals surface area contributed by atoms with E-state index in [1.165, 1.54) is 12.8 Å². The molecule has 3 nitrogen and oxygen atoms in total. The highest BCUT2D eigenvalue weighted by Gasteiger charge is 2.23. The lowest BCUT2D eigenvalue weighted by Crippen LogP contribution is -2.25. The van der Waals surface area contributed by atoms with Crippen LogP contribution >= 0.6 is 10.7 Å². The predicted octanol–water partition coefficient (Wildman–Crippen LogP) is 3.93. The van der Waals surface area contributed by atoms with Crippen molar-refractivity contribution in [3.63, 3.8) is 0 Å². The summed E-state index contributed by atoms with van der Waals surface area (Å²) in [5, 5.41) is 0. The second-order valence-corrected chi connectivity index (χ2v) is 8.86. The lowest BCUT2D eigenvalue weighted by molar-refractivity contribution is 0.0101. The highest BCUT2D eigenvalue weighted by molar-refractivity contribution is 8.13. The maximum absolute atomic E-state index is 11.4. The van der Waals surface area contributed by atoms with Gasteiger partial charge in [0.25, 0.3) is 0 Å². The third kappa shape index (κ3) is 5.97. The predicted molar refractivity (Wildman–Crippen MR) is 86.2 cm³/mol. The molecule has 0 bridgehead atoms. The van der Waals surface area contributed by atoms with Crippen LogP contribution in [-0.2, 0) is 13.8 Å². The van der Waals surface area contributed by atoms with Gasteiger partial charge < -0.3 is 4.74 Å². The Labute approximate surface area is 132 Å². The molecule has 1 saturated carbocycles. The first-order chi connectivity index (χ1) is 9.94. The van der Waals surface area contributed by atoms with Crippen molar-refractivity contribution in [1.82, 2.24) is 0 Å². The van der Waals surface area contributed by atoms with Crippen LogP contribution in [0.2, 0.25) is 0 Å². The summed E-state index contributed by atoms with van der Waals surface area (Å²) in [5.41, 5.74) is 0.964. The minimum atomic E-state index is -3.54. The van der Waals surface area contributed by atoms with Crippen LogP contribution in [0.25, 0.3) is 0 Å². The highest BCUT2D eigenvalue weighted by atomic mass is 35.7. The zero-order valence-electron chi connectivity index (χ0n) is 12.4. The van der Waals surface area contributed by atoms with E-state index in [0.717, 1.165) is 18.4 Å². The summed E-state index contributed by atoms with van der Waals surface area (Å²) < 4.78 is 28.8. The molecule has 0 N–H and O–H groups in total. The Morgan fingerprint density at radius 3 is 2.62 bits per heavy atom. The number of rotatable bonds is 6. The average Bonchev–Trinajstić information content (AvgIpc) is 2.43. The molecule has 0 saturated heterocycles. The fourth-order valence-corrected chi connectivity index (χ4v) is 4.21. The quantitative estimate of drug-likeness (QED) is 0.742. The lowest BCUT2D eigenvalue weighted by atomic mass is 9.88. The number of halogens is 1. The van der Waals surface area contributed by atoms with E-state index in [0.29, 0.717) is 12.5 Å². The average molecular weight is 331 g/mol. The first-order valence-corrected chi connectivity index (χ1v) is 10.0. The second kappa shape index (κ2) is 7.61. The summed E-state index contributed by atoms with van der Waals surface area (Å²) in [7, 11) is 1.90. The van der Waals surface area contributed by atoms with Crippen molar-refractivity contribution in [1.29, 1.82) is 0 Å². The van der Waals surface area contributed by atoms with Crippen LogP contribution in [0.15, 0.2) is 30.3 Å². The monoisotopic (exact) mass is 330 g/mol. The highest BCUT2D eigenvalue weighted by Crippen LogP contribution is 2.28. The van der Waals surface area contributed by atoms with E-state index < -0.39 is 9.05 Å². The Balaban J connectivity index is 1.99. The van der Waals surface area contributed by atoms with Crippen LogP contribution < -0.4 is 0 Å². The van der Waals surface area contributed by atoms with Gasteiger partial charge in [0.1, 0.15) is 0 Å². The van der Waals surface area contributed by atoms with Crippen molar-refractivity contribution >= 4 is 19.7 Å². The van der Waals surface area contributed by atoms with Crippen molar-refractivity contribution in [2.45, 2.75) is 44.6 Å². The molecule has 0 amide bonds. The Bertz CT molecular complexity index is 530. The zero-order chi connectivity index (χ0) is 15.3. The zero-order valence-corrected chi connectivity index (χ0v) is 13.9. The molecule has 2 rings (SSSR count). The van der Waals surface area contributed by atoms with Gasteiger partial charge in [-0.1, -0.05) is 50.1 Å². The molecule has 1 fully saturated rings. The summed E-state index contributed by atoms with van der Waals surface area (Å²) in [6.07, 6.45) is 4.83. The number of benzene rings is 1. The maximum Gasteiger partial charge on any atom is 0.233 e. The van der Waals surface area contributed by atoms with E-state index in [2.05, 4.69) is 6.92 Å². The van der Waals surface area contributed by atoms with E-state index >= 15 is 0 Å². The largest absolute Gasteiger partial charge is 0.378 e. The standard InChI is InChI=1S/C16H23ClO3S/c1-13-6-5-9-16(10-13)20-11-15(12-21(17,18)19)14-7-3-2-4-8-14/h2-4,7-8,13,15-16H,5-6,9-12H2,1H3. The molecule has 0 heterocycles. The van der Waals surface area contributed by atoms with Gasteiger partial charge in [-0.25, -0.2) is 8.42 Å². The van der Waals surface area contributed by atoms with Gasteiger partial charge in [0.05, 0.1) is 18.5 Å². The molecule has 1 aliphatic rings. The van der Waals surface area contributed by atoms with Gasteiger partial charge in [-0.15, -0.1) is 0 Å². The summed E-state index contributed by atoms with van der Waals surface area (Å²) in [4.78, 5) is 0. The van der Waals surface area contributed by atoms with Gasteiger partial charge in [-0.2, -0.15) is 0 Å². The third-order valence-corrected chi connectivity index (χ3v) is 5.27. The Hall–Kier alpha value is -0.580. The minimum Gasteiger partial charge on any atom is -0.378 e. The van der Waals surface area contributed by atoms with E-state index in [1.807, 2.05) is 30.3 Å². The van der Waals surface area contributed by atoms with E-state index in [9.17, 15) is 8.42 Å². The van der Waals surface area contributed by atoms with E-state index in [-0.39, 0.29) is 17.8 Å². The van der Waals surface area contributed by atoms with Gasteiger partial charge in [-0.05, 0) is 24.3 Å². The fraction of sp³-hybridized carbons (Fsp3) is 0.625. The summed E-state index contributed by atoms with van der Waals surface area (Å²) in [5.74, 6) is 0.405. The van der Waals surface area contributed by atoms with E-state index in [1.54, 1.807) is 0 Å². The van der Waals surface area contributed by atoms with Crippen molar-refractivity contribution in [2.24, 2.45) is 5.92 Å². The van der Waals surface area contributed by atoms with Gasteiger partial charge in [0, 0.05) is 16.6 Å². The molecule has 3 atom stereocenters. The molecule has 118 valence electrons. The first kappa shape index (κ1) is 16.8. The van der Waals surface area contributed by atoms with Crippen molar-refractivity contribution in [3.05, 3.63) is 35.9 Å². The summed E-state index contributed by atoms with van der Waals surface area (Å²) in [6.45, 7) is 2.65. The maximum atomic E-state index is 11.4. The fourth-order valence-electron chi connectivity index (χ4n) is 2.99. The molecule has 21 heavy (non-hydrogen) atoms. The second-order valence-electron chi connectivity index (χ2n) is 6.04. The van der Waals surface area contributed by atoms with Crippen LogP contribution in [0.5, 0.6) is 0 Å². The number of hydrogen-bond acceptors (Lipinski definition) is 3. The number of hydrogen-bond donors (Lipinski definition) is 0. The van der Waals surface area contributed by atoms with Crippen LogP contribution in [-0.4, -0.2) is 26.9 Å². The van der Waals surface area contributed by atoms with Crippen molar-refractivity contribution in [3.8, 4) is 0 Å². The van der Waals surface area contributed by atoms with Crippen molar-refractivity contribution < 1.29 is 13.2 Å². The first-order valence-electron chi connectivity index (χ1n) is 7.53. The SMILES string of the molecule is CC1CCCC(OCC(CS(=O)(=O)Cl)c2ccccc2)C1. The van der Waals surface area contributed by atoms with Crippen LogP contribution in [0.1, 0.15) is 44.1 Å². The van der Waals surface area contributed by atoms with Gasteiger partial charge in [0.2, 0.25) is 9.05 Å². The van der Waals surface area contributed by atoms with Crippen LogP contribution in [0, 0.1) is 5.92 Å². The molecular weight excluding hydrogens is 308 g/mol. The molecule has 5 heteroatoms. The normalized spacial score (nSPS) is 24.7. The van der Waals surface area contributed by atoms with Crippen molar-refractivity contribution in [2.75, 3.05) is 12.4 Å². The Morgan fingerprint density at radius 1 is 1.29 bits per heavy atom. The molecule has 3 unspecified atom stereocenters. The lowest BCUT2D eigenvalue weighted by Gasteiger charge is -2.28. The molecule has 0 aromatic heterocycles. The minimum absolute atomic E-state index is 0.0825.